The lowest BCUT2D eigenvalue weighted by Gasteiger charge is -2.42. The van der Waals surface area contributed by atoms with Crippen molar-refractivity contribution in [1.29, 1.82) is 0 Å². The van der Waals surface area contributed by atoms with Crippen LogP contribution in [0.5, 0.6) is 0 Å². The van der Waals surface area contributed by atoms with Gasteiger partial charge in [0.1, 0.15) is 5.60 Å². The molecule has 0 spiro atoms. The fourth-order valence-electron chi connectivity index (χ4n) is 3.00. The molecule has 0 aliphatic carbocycles. The van der Waals surface area contributed by atoms with Gasteiger partial charge in [0.25, 0.3) is 0 Å². The quantitative estimate of drug-likeness (QED) is 0.868. The monoisotopic (exact) mass is 276 g/mol. The Morgan fingerprint density at radius 3 is 2.35 bits per heavy atom. The highest BCUT2D eigenvalue weighted by molar-refractivity contribution is 5.23. The Bertz CT molecular complexity index is 412. The number of benzene rings is 1. The molecular formula is C17H28N2O. The molecule has 1 aliphatic heterocycles. The second-order valence-corrected chi connectivity index (χ2v) is 6.54. The van der Waals surface area contributed by atoms with Crippen LogP contribution in [0.4, 0.5) is 0 Å². The summed E-state index contributed by atoms with van der Waals surface area (Å²) in [6.07, 6.45) is 3.65. The molecule has 0 aromatic heterocycles. The third kappa shape index (κ3) is 3.40. The van der Waals surface area contributed by atoms with E-state index in [9.17, 15) is 5.11 Å². The van der Waals surface area contributed by atoms with Gasteiger partial charge in [-0.2, -0.15) is 0 Å². The normalized spacial score (nSPS) is 22.4. The van der Waals surface area contributed by atoms with Crippen LogP contribution in [0.1, 0.15) is 38.7 Å². The van der Waals surface area contributed by atoms with Crippen LogP contribution in [0.3, 0.4) is 0 Å². The smallest absolute Gasteiger partial charge is 0.114 e. The summed E-state index contributed by atoms with van der Waals surface area (Å²) in [6, 6.07) is 9.81. The lowest BCUT2D eigenvalue weighted by atomic mass is 9.78. The van der Waals surface area contributed by atoms with Crippen LogP contribution in [0.25, 0.3) is 0 Å². The molecule has 1 aromatic rings. The first kappa shape index (κ1) is 15.5. The lowest BCUT2D eigenvalue weighted by Crippen LogP contribution is -2.49. The predicted octanol–water partition coefficient (Wildman–Crippen LogP) is 2.34. The number of nitrogens with two attached hydrogens (primary N) is 1. The number of likely N-dealkylation sites (tertiary alicyclic amines) is 1. The molecule has 1 aromatic carbocycles. The van der Waals surface area contributed by atoms with Crippen LogP contribution in [0.15, 0.2) is 30.3 Å². The highest BCUT2D eigenvalue weighted by atomic mass is 16.3. The van der Waals surface area contributed by atoms with E-state index in [0.717, 1.165) is 18.7 Å². The van der Waals surface area contributed by atoms with Crippen LogP contribution in [-0.2, 0) is 5.60 Å². The first-order chi connectivity index (χ1) is 9.51. The molecule has 1 aliphatic rings. The number of hydrogen-bond donors (Lipinski definition) is 2. The first-order valence-electron chi connectivity index (χ1n) is 7.72. The van der Waals surface area contributed by atoms with Gasteiger partial charge in [-0.15, -0.1) is 0 Å². The number of rotatable bonds is 5. The van der Waals surface area contributed by atoms with Gasteiger partial charge in [-0.05, 0) is 36.9 Å². The second-order valence-electron chi connectivity index (χ2n) is 6.54. The van der Waals surface area contributed by atoms with E-state index in [1.807, 2.05) is 30.3 Å². The average molecular weight is 276 g/mol. The van der Waals surface area contributed by atoms with E-state index in [0.29, 0.717) is 12.0 Å². The van der Waals surface area contributed by atoms with Gasteiger partial charge in [-0.3, -0.25) is 0 Å². The Morgan fingerprint density at radius 1 is 1.25 bits per heavy atom. The van der Waals surface area contributed by atoms with Gasteiger partial charge in [-0.25, -0.2) is 0 Å². The highest BCUT2D eigenvalue weighted by Crippen LogP contribution is 2.35. The SMILES string of the molecule is CCC1(C)CCN(CC(O)(CN)c2ccccc2)CC1. The standard InChI is InChI=1S/C17H28N2O/c1-3-16(2)9-11-19(12-10-16)14-17(20,13-18)15-7-5-4-6-8-15/h4-8,20H,3,9-14,18H2,1-2H3. The van der Waals surface area contributed by atoms with Crippen molar-refractivity contribution in [3.63, 3.8) is 0 Å². The molecule has 0 saturated carbocycles. The zero-order chi connectivity index (χ0) is 14.6. The molecule has 112 valence electrons. The van der Waals surface area contributed by atoms with Gasteiger partial charge in [0.05, 0.1) is 0 Å². The molecule has 3 nitrogen and oxygen atoms in total. The lowest BCUT2D eigenvalue weighted by molar-refractivity contribution is -0.0112. The molecule has 1 fully saturated rings. The van der Waals surface area contributed by atoms with Crippen molar-refractivity contribution in [2.75, 3.05) is 26.2 Å². The predicted molar refractivity (Wildman–Crippen MR) is 83.5 cm³/mol. The minimum Gasteiger partial charge on any atom is -0.382 e. The summed E-state index contributed by atoms with van der Waals surface area (Å²) >= 11 is 0. The van der Waals surface area contributed by atoms with Crippen molar-refractivity contribution < 1.29 is 5.11 Å². The Balaban J connectivity index is 2.01. The Labute approximate surface area is 122 Å². The zero-order valence-corrected chi connectivity index (χ0v) is 12.8. The minimum absolute atomic E-state index is 0.262. The summed E-state index contributed by atoms with van der Waals surface area (Å²) in [5.74, 6) is 0. The fourth-order valence-corrected chi connectivity index (χ4v) is 3.00. The summed E-state index contributed by atoms with van der Waals surface area (Å²) < 4.78 is 0. The summed E-state index contributed by atoms with van der Waals surface area (Å²) in [4.78, 5) is 2.36. The van der Waals surface area contributed by atoms with Crippen molar-refractivity contribution in [2.24, 2.45) is 11.1 Å². The number of piperidine rings is 1. The van der Waals surface area contributed by atoms with Gasteiger partial charge in [-0.1, -0.05) is 50.6 Å². The van der Waals surface area contributed by atoms with Gasteiger partial charge in [0, 0.05) is 13.1 Å². The fraction of sp³-hybridized carbons (Fsp3) is 0.647. The molecule has 1 atom stereocenters. The van der Waals surface area contributed by atoms with Gasteiger partial charge >= 0.3 is 0 Å². The largest absolute Gasteiger partial charge is 0.382 e. The Morgan fingerprint density at radius 2 is 1.85 bits per heavy atom. The highest BCUT2D eigenvalue weighted by Gasteiger charge is 2.34. The molecule has 1 saturated heterocycles. The van der Waals surface area contributed by atoms with Crippen molar-refractivity contribution in [3.05, 3.63) is 35.9 Å². The van der Waals surface area contributed by atoms with E-state index < -0.39 is 5.60 Å². The first-order valence-corrected chi connectivity index (χ1v) is 7.72. The van der Waals surface area contributed by atoms with E-state index in [4.69, 9.17) is 5.73 Å². The number of aliphatic hydroxyl groups is 1. The maximum absolute atomic E-state index is 10.9. The molecule has 0 radical (unpaired) electrons. The Kier molecular flexibility index (Phi) is 4.84. The van der Waals surface area contributed by atoms with Crippen molar-refractivity contribution in [2.45, 2.75) is 38.7 Å². The summed E-state index contributed by atoms with van der Waals surface area (Å²) in [6.45, 7) is 7.65. The van der Waals surface area contributed by atoms with Crippen LogP contribution < -0.4 is 5.73 Å². The van der Waals surface area contributed by atoms with Crippen LogP contribution >= 0.6 is 0 Å². The zero-order valence-electron chi connectivity index (χ0n) is 12.8. The molecule has 0 amide bonds. The van der Waals surface area contributed by atoms with Gasteiger partial charge < -0.3 is 15.7 Å². The summed E-state index contributed by atoms with van der Waals surface area (Å²) in [5.41, 5.74) is 6.33. The van der Waals surface area contributed by atoms with E-state index in [-0.39, 0.29) is 6.54 Å². The van der Waals surface area contributed by atoms with Crippen molar-refractivity contribution in [3.8, 4) is 0 Å². The van der Waals surface area contributed by atoms with Gasteiger partial charge in [0.2, 0.25) is 0 Å². The van der Waals surface area contributed by atoms with Crippen LogP contribution in [0.2, 0.25) is 0 Å². The number of β-amino-alcohol motifs (C(OH)–C–C–N with tert-alkyl or cyclic N) is 1. The van der Waals surface area contributed by atoms with Gasteiger partial charge in [0.15, 0.2) is 0 Å². The van der Waals surface area contributed by atoms with E-state index in [2.05, 4.69) is 18.7 Å². The molecule has 0 bridgehead atoms. The second kappa shape index (κ2) is 6.25. The molecule has 3 N–H and O–H groups in total. The Hall–Kier alpha value is -0.900. The number of hydrogen-bond acceptors (Lipinski definition) is 3. The maximum atomic E-state index is 10.9. The third-order valence-corrected chi connectivity index (χ3v) is 5.05. The molecule has 20 heavy (non-hydrogen) atoms. The van der Waals surface area contributed by atoms with Crippen LogP contribution in [0, 0.1) is 5.41 Å². The molecule has 1 unspecified atom stereocenters. The van der Waals surface area contributed by atoms with Crippen molar-refractivity contribution in [1.82, 2.24) is 4.90 Å². The minimum atomic E-state index is -0.929. The molecule has 3 heteroatoms. The summed E-state index contributed by atoms with van der Waals surface area (Å²) in [7, 11) is 0. The average Bonchev–Trinajstić information content (AvgIpc) is 2.50. The van der Waals surface area contributed by atoms with E-state index in [1.54, 1.807) is 0 Å². The van der Waals surface area contributed by atoms with Crippen molar-refractivity contribution >= 4 is 0 Å². The molecular weight excluding hydrogens is 248 g/mol. The third-order valence-electron chi connectivity index (χ3n) is 5.05. The maximum Gasteiger partial charge on any atom is 0.114 e. The topological polar surface area (TPSA) is 49.5 Å². The number of nitrogens with zero attached hydrogens (tertiary/aromatic N) is 1. The molecule has 2 rings (SSSR count). The van der Waals surface area contributed by atoms with E-state index in [1.165, 1.54) is 19.3 Å². The summed E-state index contributed by atoms with van der Waals surface area (Å²) in [5, 5.41) is 10.9. The van der Waals surface area contributed by atoms with E-state index >= 15 is 0 Å². The molecule has 1 heterocycles. The van der Waals surface area contributed by atoms with Crippen LogP contribution in [-0.4, -0.2) is 36.2 Å².